The van der Waals surface area contributed by atoms with Crippen molar-refractivity contribution in [2.45, 2.75) is 19.8 Å². The molecule has 124 valence electrons. The normalized spacial score (nSPS) is 10.7. The van der Waals surface area contributed by atoms with Gasteiger partial charge in [0, 0.05) is 11.2 Å². The van der Waals surface area contributed by atoms with E-state index in [1.807, 2.05) is 24.3 Å². The van der Waals surface area contributed by atoms with E-state index in [-0.39, 0.29) is 12.5 Å². The molecule has 0 bridgehead atoms. The Bertz CT molecular complexity index is 808. The Morgan fingerprint density at radius 3 is 2.71 bits per heavy atom. The fourth-order valence-corrected chi connectivity index (χ4v) is 3.58. The fraction of sp³-hybridized carbons (Fsp3) is 0.250. The molecule has 3 rings (SSSR count). The van der Waals surface area contributed by atoms with E-state index in [0.29, 0.717) is 6.54 Å². The Labute approximate surface area is 146 Å². The molecule has 1 heterocycles. The van der Waals surface area contributed by atoms with Crippen molar-refractivity contribution < 1.29 is 9.53 Å². The summed E-state index contributed by atoms with van der Waals surface area (Å²) in [6.45, 7) is 2.79. The number of nitrogens with one attached hydrogen (secondary N) is 1. The number of aryl methyl sites for hydroxylation is 1. The highest BCUT2D eigenvalue weighted by Gasteiger charge is 2.05. The number of carbonyl (C=O) groups is 1. The third-order valence-electron chi connectivity index (χ3n) is 3.98. The smallest absolute Gasteiger partial charge is 0.257 e. The van der Waals surface area contributed by atoms with E-state index >= 15 is 0 Å². The lowest BCUT2D eigenvalue weighted by Crippen LogP contribution is -2.30. The molecule has 2 aromatic carbocycles. The van der Waals surface area contributed by atoms with Gasteiger partial charge in [-0.05, 0) is 52.9 Å². The van der Waals surface area contributed by atoms with E-state index in [9.17, 15) is 4.79 Å². The number of hydrogen-bond acceptors (Lipinski definition) is 3. The van der Waals surface area contributed by atoms with Crippen molar-refractivity contribution in [3.63, 3.8) is 0 Å². The summed E-state index contributed by atoms with van der Waals surface area (Å²) in [4.78, 5) is 11.9. The van der Waals surface area contributed by atoms with Gasteiger partial charge in [0.1, 0.15) is 5.75 Å². The van der Waals surface area contributed by atoms with Gasteiger partial charge in [-0.25, -0.2) is 0 Å². The minimum Gasteiger partial charge on any atom is -0.484 e. The van der Waals surface area contributed by atoms with Crippen LogP contribution in [0.4, 0.5) is 0 Å². The summed E-state index contributed by atoms with van der Waals surface area (Å²) in [6.07, 6.45) is 1.83. The van der Waals surface area contributed by atoms with Crippen LogP contribution in [0.15, 0.2) is 53.9 Å². The molecule has 0 aliphatic rings. The first kappa shape index (κ1) is 16.5. The van der Waals surface area contributed by atoms with Gasteiger partial charge in [-0.2, -0.15) is 0 Å². The number of fused-ring (bicyclic) bond motifs is 1. The molecule has 1 N–H and O–H groups in total. The van der Waals surface area contributed by atoms with Gasteiger partial charge in [0.15, 0.2) is 6.61 Å². The number of hydrogen-bond donors (Lipinski definition) is 1. The maximum Gasteiger partial charge on any atom is 0.257 e. The second-order valence-corrected chi connectivity index (χ2v) is 6.55. The zero-order valence-corrected chi connectivity index (χ0v) is 14.6. The van der Waals surface area contributed by atoms with E-state index in [1.54, 1.807) is 11.3 Å². The molecule has 0 unspecified atom stereocenters. The van der Waals surface area contributed by atoms with Crippen molar-refractivity contribution in [1.82, 2.24) is 5.32 Å². The van der Waals surface area contributed by atoms with E-state index in [1.165, 1.54) is 21.2 Å². The highest BCUT2D eigenvalue weighted by molar-refractivity contribution is 7.17. The standard InChI is InChI=1S/C20H21NO2S/c1-2-15-7-9-17(10-8-15)23-13-20(22)21-12-11-16-14-24-19-6-4-3-5-18(16)19/h3-10,14H,2,11-13H2,1H3,(H,21,22). The molecular weight excluding hydrogens is 318 g/mol. The van der Waals surface area contributed by atoms with Crippen LogP contribution >= 0.6 is 11.3 Å². The first-order chi connectivity index (χ1) is 11.8. The van der Waals surface area contributed by atoms with Crippen molar-refractivity contribution >= 4 is 27.3 Å². The topological polar surface area (TPSA) is 38.3 Å². The van der Waals surface area contributed by atoms with Crippen LogP contribution in [0.1, 0.15) is 18.1 Å². The third kappa shape index (κ3) is 4.15. The van der Waals surface area contributed by atoms with Gasteiger partial charge < -0.3 is 10.1 Å². The molecule has 0 saturated heterocycles. The monoisotopic (exact) mass is 339 g/mol. The van der Waals surface area contributed by atoms with Crippen molar-refractivity contribution in [3.8, 4) is 5.75 Å². The van der Waals surface area contributed by atoms with Crippen LogP contribution in [0.2, 0.25) is 0 Å². The van der Waals surface area contributed by atoms with Crippen LogP contribution in [0, 0.1) is 0 Å². The molecule has 0 aliphatic heterocycles. The largest absolute Gasteiger partial charge is 0.484 e. The SMILES string of the molecule is CCc1ccc(OCC(=O)NCCc2csc3ccccc23)cc1. The van der Waals surface area contributed by atoms with E-state index in [2.05, 4.69) is 41.9 Å². The molecule has 24 heavy (non-hydrogen) atoms. The molecule has 0 aliphatic carbocycles. The maximum atomic E-state index is 11.9. The molecule has 0 atom stereocenters. The van der Waals surface area contributed by atoms with Crippen molar-refractivity contribution in [2.24, 2.45) is 0 Å². The average molecular weight is 339 g/mol. The van der Waals surface area contributed by atoms with E-state index < -0.39 is 0 Å². The lowest BCUT2D eigenvalue weighted by molar-refractivity contribution is -0.123. The Kier molecular flexibility index (Phi) is 5.49. The Balaban J connectivity index is 1.44. The minimum atomic E-state index is -0.0888. The molecule has 0 saturated carbocycles. The quantitative estimate of drug-likeness (QED) is 0.700. The number of benzene rings is 2. The van der Waals surface area contributed by atoms with Gasteiger partial charge in [-0.15, -0.1) is 11.3 Å². The van der Waals surface area contributed by atoms with Crippen LogP contribution in [0.3, 0.4) is 0 Å². The molecule has 0 spiro atoms. The van der Waals surface area contributed by atoms with E-state index in [4.69, 9.17) is 4.74 Å². The first-order valence-electron chi connectivity index (χ1n) is 8.20. The predicted octanol–water partition coefficient (Wildman–Crippen LogP) is 4.20. The molecule has 3 nitrogen and oxygen atoms in total. The molecule has 0 radical (unpaired) electrons. The summed E-state index contributed by atoms with van der Waals surface area (Å²) in [7, 11) is 0. The highest BCUT2D eigenvalue weighted by Crippen LogP contribution is 2.25. The lowest BCUT2D eigenvalue weighted by Gasteiger charge is -2.08. The van der Waals surface area contributed by atoms with Gasteiger partial charge in [0.05, 0.1) is 0 Å². The van der Waals surface area contributed by atoms with E-state index in [0.717, 1.165) is 18.6 Å². The van der Waals surface area contributed by atoms with Crippen molar-refractivity contribution in [3.05, 3.63) is 65.0 Å². The van der Waals surface area contributed by atoms with Crippen LogP contribution in [0.25, 0.3) is 10.1 Å². The molecule has 1 amide bonds. The summed E-state index contributed by atoms with van der Waals surface area (Å²) < 4.78 is 6.80. The van der Waals surface area contributed by atoms with Crippen LogP contribution in [-0.2, 0) is 17.6 Å². The molecule has 3 aromatic rings. The number of carbonyl (C=O) groups excluding carboxylic acids is 1. The molecular formula is C20H21NO2S. The average Bonchev–Trinajstić information content (AvgIpc) is 3.04. The number of thiophene rings is 1. The third-order valence-corrected chi connectivity index (χ3v) is 4.99. The van der Waals surface area contributed by atoms with Crippen molar-refractivity contribution in [1.29, 1.82) is 0 Å². The van der Waals surface area contributed by atoms with Crippen molar-refractivity contribution in [2.75, 3.05) is 13.2 Å². The highest BCUT2D eigenvalue weighted by atomic mass is 32.1. The molecule has 4 heteroatoms. The fourth-order valence-electron chi connectivity index (χ4n) is 2.58. The van der Waals surface area contributed by atoms with Gasteiger partial charge in [-0.1, -0.05) is 37.3 Å². The molecule has 0 fully saturated rings. The minimum absolute atomic E-state index is 0.0514. The Morgan fingerprint density at radius 1 is 1.12 bits per heavy atom. The van der Waals surface area contributed by atoms with Gasteiger partial charge in [0.2, 0.25) is 0 Å². The summed E-state index contributed by atoms with van der Waals surface area (Å²) in [5.41, 5.74) is 2.54. The zero-order valence-electron chi connectivity index (χ0n) is 13.7. The number of ether oxygens (including phenoxy) is 1. The second kappa shape index (κ2) is 7.97. The first-order valence-corrected chi connectivity index (χ1v) is 9.08. The molecule has 1 aromatic heterocycles. The van der Waals surface area contributed by atoms with Gasteiger partial charge >= 0.3 is 0 Å². The summed E-state index contributed by atoms with van der Waals surface area (Å²) in [6, 6.07) is 16.2. The zero-order chi connectivity index (χ0) is 16.8. The number of rotatable bonds is 7. The predicted molar refractivity (Wildman–Crippen MR) is 99.9 cm³/mol. The van der Waals surface area contributed by atoms with Crippen LogP contribution in [-0.4, -0.2) is 19.1 Å². The Morgan fingerprint density at radius 2 is 1.92 bits per heavy atom. The maximum absolute atomic E-state index is 11.9. The summed E-state index contributed by atoms with van der Waals surface area (Å²) in [5, 5.41) is 6.37. The second-order valence-electron chi connectivity index (χ2n) is 5.64. The number of amides is 1. The van der Waals surface area contributed by atoms with Crippen LogP contribution in [0.5, 0.6) is 5.75 Å². The summed E-state index contributed by atoms with van der Waals surface area (Å²) in [5.74, 6) is 0.639. The van der Waals surface area contributed by atoms with Gasteiger partial charge in [0.25, 0.3) is 5.91 Å². The summed E-state index contributed by atoms with van der Waals surface area (Å²) >= 11 is 1.75. The lowest BCUT2D eigenvalue weighted by atomic mass is 10.1. The Hall–Kier alpha value is -2.33. The van der Waals surface area contributed by atoms with Gasteiger partial charge in [-0.3, -0.25) is 4.79 Å². The van der Waals surface area contributed by atoms with Crippen LogP contribution < -0.4 is 10.1 Å².